The molecule has 0 unspecified atom stereocenters. The average molecular weight is 296 g/mol. The second-order valence-electron chi connectivity index (χ2n) is 6.85. The van der Waals surface area contributed by atoms with Crippen molar-refractivity contribution in [3.05, 3.63) is 0 Å². The Hall–Kier alpha value is -1.14. The maximum absolute atomic E-state index is 12.4. The molecule has 2 aliphatic rings. The van der Waals surface area contributed by atoms with E-state index in [9.17, 15) is 9.59 Å². The molecule has 0 aromatic heterocycles. The van der Waals surface area contributed by atoms with E-state index >= 15 is 0 Å². The van der Waals surface area contributed by atoms with Crippen molar-refractivity contribution in [3.8, 4) is 0 Å². The fourth-order valence-electron chi connectivity index (χ4n) is 3.34. The molecule has 1 saturated heterocycles. The van der Waals surface area contributed by atoms with Gasteiger partial charge in [-0.1, -0.05) is 6.42 Å². The predicted molar refractivity (Wildman–Crippen MR) is 81.4 cm³/mol. The van der Waals surface area contributed by atoms with E-state index in [-0.39, 0.29) is 17.9 Å². The highest BCUT2D eigenvalue weighted by molar-refractivity contribution is 5.83. The monoisotopic (exact) mass is 296 g/mol. The second-order valence-corrected chi connectivity index (χ2v) is 6.85. The van der Waals surface area contributed by atoms with Gasteiger partial charge >= 0.3 is 0 Å². The lowest BCUT2D eigenvalue weighted by Gasteiger charge is -2.42. The van der Waals surface area contributed by atoms with Gasteiger partial charge in [0.1, 0.15) is 0 Å². The molecule has 0 spiro atoms. The van der Waals surface area contributed by atoms with Gasteiger partial charge in [-0.05, 0) is 32.6 Å². The molecule has 1 aliphatic heterocycles. The Morgan fingerprint density at radius 2 is 1.76 bits per heavy atom. The van der Waals surface area contributed by atoms with Crippen LogP contribution in [0.1, 0.15) is 39.5 Å². The van der Waals surface area contributed by atoms with Crippen molar-refractivity contribution in [1.29, 1.82) is 0 Å². The van der Waals surface area contributed by atoms with Crippen LogP contribution in [-0.4, -0.2) is 59.4 Å². The summed E-state index contributed by atoms with van der Waals surface area (Å²) in [6.07, 6.45) is 3.82. The van der Waals surface area contributed by atoms with E-state index in [0.29, 0.717) is 38.5 Å². The summed E-state index contributed by atoms with van der Waals surface area (Å²) >= 11 is 0. The Morgan fingerprint density at radius 1 is 1.14 bits per heavy atom. The van der Waals surface area contributed by atoms with Gasteiger partial charge in [-0.2, -0.15) is 0 Å². The summed E-state index contributed by atoms with van der Waals surface area (Å²) in [4.78, 5) is 27.8. The number of carbonyl (C=O) groups is 2. The molecule has 120 valence electrons. The number of carbonyl (C=O) groups excluding carboxylic acids is 2. The number of nitrogens with zero attached hydrogens (tertiary/aromatic N) is 2. The highest BCUT2D eigenvalue weighted by atomic mass is 16.2. The van der Waals surface area contributed by atoms with E-state index in [4.69, 9.17) is 11.5 Å². The number of piperazine rings is 1. The van der Waals surface area contributed by atoms with Crippen LogP contribution in [0.2, 0.25) is 0 Å². The van der Waals surface area contributed by atoms with Crippen molar-refractivity contribution in [1.82, 2.24) is 9.80 Å². The number of rotatable bonds is 4. The fraction of sp³-hybridized carbons (Fsp3) is 0.867. The SMILES string of the molecule is CC(C)(C(N)=O)N1CCN(C(=O)C[C@@H]2CCC[C@H]2N)CC1. The summed E-state index contributed by atoms with van der Waals surface area (Å²) in [6.45, 7) is 6.39. The molecule has 1 aliphatic carbocycles. The number of primary amides is 1. The average Bonchev–Trinajstić information content (AvgIpc) is 2.84. The zero-order valence-corrected chi connectivity index (χ0v) is 13.2. The van der Waals surface area contributed by atoms with Crippen LogP contribution in [0.5, 0.6) is 0 Å². The van der Waals surface area contributed by atoms with E-state index in [0.717, 1.165) is 19.3 Å². The van der Waals surface area contributed by atoms with Crippen LogP contribution in [0.15, 0.2) is 0 Å². The Kier molecular flexibility index (Phi) is 4.88. The first kappa shape index (κ1) is 16.2. The second kappa shape index (κ2) is 6.32. The van der Waals surface area contributed by atoms with Gasteiger partial charge in [-0.3, -0.25) is 14.5 Å². The van der Waals surface area contributed by atoms with E-state index in [1.165, 1.54) is 0 Å². The molecule has 1 saturated carbocycles. The first-order valence-corrected chi connectivity index (χ1v) is 7.90. The summed E-state index contributed by atoms with van der Waals surface area (Å²) in [5, 5.41) is 0. The van der Waals surface area contributed by atoms with Gasteiger partial charge in [0, 0.05) is 38.6 Å². The topological polar surface area (TPSA) is 92.7 Å². The molecular weight excluding hydrogens is 268 g/mol. The number of nitrogens with two attached hydrogens (primary N) is 2. The van der Waals surface area contributed by atoms with E-state index < -0.39 is 5.54 Å². The summed E-state index contributed by atoms with van der Waals surface area (Å²) in [7, 11) is 0. The van der Waals surface area contributed by atoms with Crippen LogP contribution in [0.4, 0.5) is 0 Å². The van der Waals surface area contributed by atoms with Crippen LogP contribution >= 0.6 is 0 Å². The minimum atomic E-state index is -0.650. The molecule has 1 heterocycles. The summed E-state index contributed by atoms with van der Waals surface area (Å²) in [6, 6.07) is 0.184. The fourth-order valence-corrected chi connectivity index (χ4v) is 3.34. The lowest BCUT2D eigenvalue weighted by Crippen LogP contribution is -2.60. The van der Waals surface area contributed by atoms with E-state index in [1.54, 1.807) is 0 Å². The van der Waals surface area contributed by atoms with Crippen LogP contribution < -0.4 is 11.5 Å². The molecule has 0 radical (unpaired) electrons. The summed E-state index contributed by atoms with van der Waals surface area (Å²) in [5.41, 5.74) is 10.8. The minimum absolute atomic E-state index is 0.184. The van der Waals surface area contributed by atoms with Crippen molar-refractivity contribution in [2.45, 2.75) is 51.1 Å². The number of hydrogen-bond acceptors (Lipinski definition) is 4. The Morgan fingerprint density at radius 3 is 2.24 bits per heavy atom. The summed E-state index contributed by atoms with van der Waals surface area (Å²) in [5.74, 6) is 0.227. The molecular formula is C15H28N4O2. The van der Waals surface area contributed by atoms with Crippen molar-refractivity contribution < 1.29 is 9.59 Å². The quantitative estimate of drug-likeness (QED) is 0.758. The summed E-state index contributed by atoms with van der Waals surface area (Å²) < 4.78 is 0. The Labute approximate surface area is 126 Å². The van der Waals surface area contributed by atoms with Crippen LogP contribution in [0, 0.1) is 5.92 Å². The molecule has 2 fully saturated rings. The molecule has 4 N–H and O–H groups in total. The zero-order valence-electron chi connectivity index (χ0n) is 13.2. The maximum atomic E-state index is 12.4. The molecule has 2 atom stereocenters. The van der Waals surface area contributed by atoms with Crippen LogP contribution in [-0.2, 0) is 9.59 Å². The van der Waals surface area contributed by atoms with Crippen LogP contribution in [0.25, 0.3) is 0 Å². The molecule has 21 heavy (non-hydrogen) atoms. The lowest BCUT2D eigenvalue weighted by atomic mass is 9.98. The molecule has 6 nitrogen and oxygen atoms in total. The van der Waals surface area contributed by atoms with Gasteiger partial charge < -0.3 is 16.4 Å². The Balaban J connectivity index is 1.83. The predicted octanol–water partition coefficient (Wildman–Crippen LogP) is -0.0880. The third kappa shape index (κ3) is 3.55. The molecule has 6 heteroatoms. The van der Waals surface area contributed by atoms with Crippen molar-refractivity contribution >= 4 is 11.8 Å². The first-order chi connectivity index (χ1) is 9.82. The first-order valence-electron chi connectivity index (χ1n) is 7.90. The smallest absolute Gasteiger partial charge is 0.237 e. The van der Waals surface area contributed by atoms with E-state index in [2.05, 4.69) is 4.90 Å². The maximum Gasteiger partial charge on any atom is 0.237 e. The number of amides is 2. The van der Waals surface area contributed by atoms with Gasteiger partial charge in [0.15, 0.2) is 0 Å². The van der Waals surface area contributed by atoms with E-state index in [1.807, 2.05) is 18.7 Å². The van der Waals surface area contributed by atoms with Crippen molar-refractivity contribution in [3.63, 3.8) is 0 Å². The van der Waals surface area contributed by atoms with Gasteiger partial charge in [0.25, 0.3) is 0 Å². The highest BCUT2D eigenvalue weighted by Gasteiger charge is 2.36. The normalized spacial score (nSPS) is 27.9. The number of hydrogen-bond donors (Lipinski definition) is 2. The van der Waals surface area contributed by atoms with Crippen molar-refractivity contribution in [2.75, 3.05) is 26.2 Å². The van der Waals surface area contributed by atoms with Gasteiger partial charge in [0.05, 0.1) is 5.54 Å². The highest BCUT2D eigenvalue weighted by Crippen LogP contribution is 2.27. The molecule has 0 aromatic rings. The Bertz CT molecular complexity index is 402. The van der Waals surface area contributed by atoms with Gasteiger partial charge in [-0.25, -0.2) is 0 Å². The zero-order chi connectivity index (χ0) is 15.6. The molecule has 2 rings (SSSR count). The molecule has 0 aromatic carbocycles. The largest absolute Gasteiger partial charge is 0.368 e. The third-order valence-corrected chi connectivity index (χ3v) is 5.18. The standard InChI is InChI=1S/C15H28N4O2/c1-15(2,14(17)21)19-8-6-18(7-9-19)13(20)10-11-4-3-5-12(11)16/h11-12H,3-10,16H2,1-2H3,(H2,17,21)/t11-,12+/m0/s1. The third-order valence-electron chi connectivity index (χ3n) is 5.18. The van der Waals surface area contributed by atoms with Gasteiger partial charge in [0.2, 0.25) is 11.8 Å². The van der Waals surface area contributed by atoms with Gasteiger partial charge in [-0.15, -0.1) is 0 Å². The molecule has 2 amide bonds. The molecule has 0 bridgehead atoms. The van der Waals surface area contributed by atoms with Crippen molar-refractivity contribution in [2.24, 2.45) is 17.4 Å². The lowest BCUT2D eigenvalue weighted by molar-refractivity contribution is -0.137. The minimum Gasteiger partial charge on any atom is -0.368 e. The van der Waals surface area contributed by atoms with Crippen LogP contribution in [0.3, 0.4) is 0 Å².